The number of amides is 3. The average Bonchev–Trinajstić information content (AvgIpc) is 3.62. The lowest BCUT2D eigenvalue weighted by atomic mass is 10.0. The molecule has 3 aromatic carbocycles. The Morgan fingerprint density at radius 3 is 2.49 bits per heavy atom. The van der Waals surface area contributed by atoms with Crippen molar-refractivity contribution in [3.05, 3.63) is 95.3 Å². The van der Waals surface area contributed by atoms with Gasteiger partial charge in [0.05, 0.1) is 11.4 Å². The van der Waals surface area contributed by atoms with Gasteiger partial charge in [-0.1, -0.05) is 60.1 Å². The fraction of sp³-hybridized carbons (Fsp3) is 0.148. The van der Waals surface area contributed by atoms with Gasteiger partial charge in [0.2, 0.25) is 5.91 Å². The molecule has 5 rings (SSSR count). The lowest BCUT2D eigenvalue weighted by molar-refractivity contribution is -0.160. The second-order valence-electron chi connectivity index (χ2n) is 9.09. The van der Waals surface area contributed by atoms with E-state index in [-0.39, 0.29) is 23.6 Å². The van der Waals surface area contributed by atoms with Gasteiger partial charge in [-0.25, -0.2) is 4.79 Å². The summed E-state index contributed by atoms with van der Waals surface area (Å²) in [5.41, 5.74) is -0.372. The van der Waals surface area contributed by atoms with Crippen LogP contribution in [0.5, 0.6) is 5.75 Å². The third kappa shape index (κ3) is 5.99. The first-order valence-corrected chi connectivity index (χ1v) is 12.6. The summed E-state index contributed by atoms with van der Waals surface area (Å²) >= 11 is 6.09. The Hall–Kier alpha value is -5.30. The molecule has 4 N–H and O–H groups in total. The number of rotatable bonds is 8. The van der Waals surface area contributed by atoms with E-state index < -0.39 is 35.5 Å². The van der Waals surface area contributed by atoms with E-state index in [9.17, 15) is 24.3 Å². The number of nitrogens with one attached hydrogen (secondary N) is 3. The monoisotopic (exact) mass is 575 g/mol. The molecule has 2 heterocycles. The third-order valence-corrected chi connectivity index (χ3v) is 6.52. The van der Waals surface area contributed by atoms with Gasteiger partial charge < -0.3 is 25.8 Å². The van der Waals surface area contributed by atoms with E-state index >= 15 is 0 Å². The van der Waals surface area contributed by atoms with Gasteiger partial charge in [-0.3, -0.25) is 14.4 Å². The first-order valence-electron chi connectivity index (χ1n) is 12.2. The number of tetrazole rings is 1. The molecule has 0 bridgehead atoms. The number of ether oxygens (including phenoxy) is 1. The van der Waals surface area contributed by atoms with Crippen LogP contribution in [-0.4, -0.2) is 60.8 Å². The van der Waals surface area contributed by atoms with Gasteiger partial charge in [0, 0.05) is 23.4 Å². The minimum absolute atomic E-state index is 0.0403. The van der Waals surface area contributed by atoms with E-state index in [0.717, 1.165) is 0 Å². The molecule has 0 radical (unpaired) electrons. The molecule has 2 atom stereocenters. The summed E-state index contributed by atoms with van der Waals surface area (Å²) in [6.45, 7) is 0. The highest BCUT2D eigenvalue weighted by Gasteiger charge is 2.49. The summed E-state index contributed by atoms with van der Waals surface area (Å²) in [4.78, 5) is 51.7. The van der Waals surface area contributed by atoms with Crippen LogP contribution in [0.15, 0.2) is 79.1 Å². The summed E-state index contributed by atoms with van der Waals surface area (Å²) in [5.74, 6) is -4.21. The van der Waals surface area contributed by atoms with Crippen LogP contribution in [0.2, 0.25) is 5.02 Å². The Bertz CT molecular complexity index is 1590. The normalized spacial score (nSPS) is 16.1. The fourth-order valence-corrected chi connectivity index (χ4v) is 4.48. The SMILES string of the molecule is O=C(Nc1cc(Cl)ccc1-n1cnnn1)C(=O)NC(Cc1ccccc1)C(=O)NC1(C(=O)O)Cc2ccccc2O1. The number of hydrogen-bond donors (Lipinski definition) is 4. The topological polar surface area (TPSA) is 177 Å². The van der Waals surface area contributed by atoms with E-state index in [0.29, 0.717) is 22.6 Å². The van der Waals surface area contributed by atoms with Crippen LogP contribution in [0.1, 0.15) is 11.1 Å². The first kappa shape index (κ1) is 27.3. The van der Waals surface area contributed by atoms with E-state index in [4.69, 9.17) is 16.3 Å². The van der Waals surface area contributed by atoms with Crippen LogP contribution < -0.4 is 20.7 Å². The molecule has 208 valence electrons. The predicted molar refractivity (Wildman–Crippen MR) is 144 cm³/mol. The zero-order chi connectivity index (χ0) is 29.0. The van der Waals surface area contributed by atoms with Crippen LogP contribution >= 0.6 is 11.6 Å². The molecule has 1 aromatic heterocycles. The Kier molecular flexibility index (Phi) is 7.61. The van der Waals surface area contributed by atoms with Crippen molar-refractivity contribution in [1.82, 2.24) is 30.8 Å². The standard InChI is InChI=1S/C27H22ClN7O6/c28-18-10-11-21(35-15-29-33-34-35)19(13-18)30-24(37)25(38)31-20(12-16-6-2-1-3-7-16)23(36)32-27(26(39)40)14-17-8-4-5-9-22(17)41-27/h1-11,13,15,20H,12,14H2,(H,30,37)(H,31,38)(H,32,36)(H,39,40). The van der Waals surface area contributed by atoms with Gasteiger partial charge in [-0.15, -0.1) is 5.10 Å². The van der Waals surface area contributed by atoms with Crippen molar-refractivity contribution in [3.63, 3.8) is 0 Å². The van der Waals surface area contributed by atoms with Crippen molar-refractivity contribution in [2.24, 2.45) is 0 Å². The maximum Gasteiger partial charge on any atom is 0.370 e. The molecule has 14 heteroatoms. The van der Waals surface area contributed by atoms with Crippen molar-refractivity contribution in [2.75, 3.05) is 5.32 Å². The molecule has 0 spiro atoms. The number of benzene rings is 3. The van der Waals surface area contributed by atoms with Crippen molar-refractivity contribution >= 4 is 41.0 Å². The Morgan fingerprint density at radius 2 is 1.78 bits per heavy atom. The van der Waals surface area contributed by atoms with E-state index in [1.54, 1.807) is 66.7 Å². The summed E-state index contributed by atoms with van der Waals surface area (Å²) in [6.07, 6.45) is 1.12. The van der Waals surface area contributed by atoms with Crippen molar-refractivity contribution in [1.29, 1.82) is 0 Å². The first-order chi connectivity index (χ1) is 19.7. The van der Waals surface area contributed by atoms with Crippen molar-refractivity contribution in [3.8, 4) is 11.4 Å². The molecule has 13 nitrogen and oxygen atoms in total. The lowest BCUT2D eigenvalue weighted by Crippen LogP contribution is -2.62. The number of carbonyl (C=O) groups excluding carboxylic acids is 3. The molecular weight excluding hydrogens is 554 g/mol. The Morgan fingerprint density at radius 1 is 1.02 bits per heavy atom. The largest absolute Gasteiger partial charge is 0.477 e. The quantitative estimate of drug-likeness (QED) is 0.227. The molecule has 4 aromatic rings. The van der Waals surface area contributed by atoms with Crippen molar-refractivity contribution in [2.45, 2.75) is 24.6 Å². The van der Waals surface area contributed by atoms with E-state index in [1.165, 1.54) is 17.1 Å². The highest BCUT2D eigenvalue weighted by Crippen LogP contribution is 2.34. The molecule has 0 saturated carbocycles. The smallest absolute Gasteiger partial charge is 0.370 e. The van der Waals surface area contributed by atoms with Crippen LogP contribution in [-0.2, 0) is 32.0 Å². The molecule has 2 unspecified atom stereocenters. The molecular formula is C27H22ClN7O6. The summed E-state index contributed by atoms with van der Waals surface area (Å²) in [7, 11) is 0. The predicted octanol–water partition coefficient (Wildman–Crippen LogP) is 1.51. The molecule has 1 aliphatic heterocycles. The van der Waals surface area contributed by atoms with Crippen LogP contribution in [0.4, 0.5) is 5.69 Å². The number of nitrogens with zero attached hydrogens (tertiary/aromatic N) is 4. The van der Waals surface area contributed by atoms with Gasteiger partial charge >= 0.3 is 17.8 Å². The number of aromatic nitrogens is 4. The van der Waals surface area contributed by atoms with Crippen LogP contribution in [0.3, 0.4) is 0 Å². The van der Waals surface area contributed by atoms with Gasteiger partial charge in [0.15, 0.2) is 0 Å². The number of anilines is 1. The van der Waals surface area contributed by atoms with Crippen LogP contribution in [0.25, 0.3) is 5.69 Å². The summed E-state index contributed by atoms with van der Waals surface area (Å²) in [6, 6.07) is 18.6. The molecule has 3 amide bonds. The number of carboxylic acids is 1. The number of hydrogen-bond acceptors (Lipinski definition) is 8. The Labute approximate surface area is 237 Å². The fourth-order valence-electron chi connectivity index (χ4n) is 4.31. The highest BCUT2D eigenvalue weighted by atomic mass is 35.5. The number of para-hydroxylation sites is 1. The highest BCUT2D eigenvalue weighted by molar-refractivity contribution is 6.40. The second kappa shape index (κ2) is 11.4. The minimum atomic E-state index is -2.09. The van der Waals surface area contributed by atoms with Crippen LogP contribution in [0, 0.1) is 0 Å². The summed E-state index contributed by atoms with van der Waals surface area (Å²) < 4.78 is 6.93. The van der Waals surface area contributed by atoms with Gasteiger partial charge in [-0.05, 0) is 40.3 Å². The number of carboxylic acid groups (broad SMARTS) is 1. The van der Waals surface area contributed by atoms with Gasteiger partial charge in [-0.2, -0.15) is 4.68 Å². The average molecular weight is 576 g/mol. The lowest BCUT2D eigenvalue weighted by Gasteiger charge is -2.28. The molecule has 41 heavy (non-hydrogen) atoms. The Balaban J connectivity index is 1.36. The molecule has 0 saturated heterocycles. The van der Waals surface area contributed by atoms with Gasteiger partial charge in [0.25, 0.3) is 5.72 Å². The van der Waals surface area contributed by atoms with Crippen molar-refractivity contribution < 1.29 is 29.0 Å². The maximum atomic E-state index is 13.5. The second-order valence-corrected chi connectivity index (χ2v) is 9.53. The number of halogens is 1. The van der Waals surface area contributed by atoms with Gasteiger partial charge in [0.1, 0.15) is 18.1 Å². The number of aliphatic carboxylic acids is 1. The molecule has 0 aliphatic carbocycles. The third-order valence-electron chi connectivity index (χ3n) is 6.28. The molecule has 1 aliphatic rings. The minimum Gasteiger partial charge on any atom is -0.477 e. The number of fused-ring (bicyclic) bond motifs is 1. The molecule has 0 fully saturated rings. The zero-order valence-corrected chi connectivity index (χ0v) is 21.9. The van der Waals surface area contributed by atoms with E-state index in [2.05, 4.69) is 31.5 Å². The number of carbonyl (C=O) groups is 4. The summed E-state index contributed by atoms with van der Waals surface area (Å²) in [5, 5.41) is 28.5. The van der Waals surface area contributed by atoms with E-state index in [1.807, 2.05) is 0 Å². The maximum absolute atomic E-state index is 13.5. The zero-order valence-electron chi connectivity index (χ0n) is 21.2.